The second kappa shape index (κ2) is 5.64. The lowest BCUT2D eigenvalue weighted by atomic mass is 10.0. The van der Waals surface area contributed by atoms with Gasteiger partial charge in [0.15, 0.2) is 0 Å². The van der Waals surface area contributed by atoms with Crippen molar-refractivity contribution >= 4 is 0 Å². The van der Waals surface area contributed by atoms with E-state index in [-0.39, 0.29) is 0 Å². The third-order valence-corrected chi connectivity index (χ3v) is 4.67. The molecule has 1 saturated heterocycles. The quantitative estimate of drug-likeness (QED) is 0.847. The fourth-order valence-corrected chi connectivity index (χ4v) is 3.33. The number of rotatable bonds is 5. The molecule has 112 valence electrons. The molecule has 5 heteroatoms. The summed E-state index contributed by atoms with van der Waals surface area (Å²) in [5.74, 6) is 2.01. The molecule has 0 radical (unpaired) electrons. The molecule has 0 spiro atoms. The summed E-state index contributed by atoms with van der Waals surface area (Å²) < 4.78 is 7.49. The van der Waals surface area contributed by atoms with Crippen LogP contribution in [-0.2, 0) is 13.1 Å². The van der Waals surface area contributed by atoms with Gasteiger partial charge in [-0.1, -0.05) is 6.42 Å². The number of likely N-dealkylation sites (tertiary alicyclic amines) is 1. The fraction of sp³-hybridized carbons (Fsp3) is 0.625. The Labute approximate surface area is 125 Å². The summed E-state index contributed by atoms with van der Waals surface area (Å²) in [6.45, 7) is 3.17. The Morgan fingerprint density at radius 3 is 3.00 bits per heavy atom. The van der Waals surface area contributed by atoms with Gasteiger partial charge in [0, 0.05) is 18.7 Å². The highest BCUT2D eigenvalue weighted by atomic mass is 16.3. The number of hydrogen-bond donors (Lipinski definition) is 0. The van der Waals surface area contributed by atoms with Gasteiger partial charge >= 0.3 is 0 Å². The van der Waals surface area contributed by atoms with Crippen LogP contribution in [-0.4, -0.2) is 26.2 Å². The first-order valence-electron chi connectivity index (χ1n) is 8.03. The van der Waals surface area contributed by atoms with Gasteiger partial charge in [0.25, 0.3) is 0 Å². The Bertz CT molecular complexity index is 573. The van der Waals surface area contributed by atoms with Crippen molar-refractivity contribution in [2.24, 2.45) is 5.92 Å². The van der Waals surface area contributed by atoms with Crippen molar-refractivity contribution in [3.63, 3.8) is 0 Å². The first kappa shape index (κ1) is 13.1. The van der Waals surface area contributed by atoms with E-state index in [2.05, 4.69) is 25.7 Å². The van der Waals surface area contributed by atoms with E-state index in [9.17, 15) is 0 Å². The van der Waals surface area contributed by atoms with E-state index < -0.39 is 0 Å². The van der Waals surface area contributed by atoms with Crippen LogP contribution in [0.2, 0.25) is 0 Å². The number of aromatic nitrogens is 3. The summed E-state index contributed by atoms with van der Waals surface area (Å²) in [6.07, 6.45) is 12.0. The largest absolute Gasteiger partial charge is 0.472 e. The van der Waals surface area contributed by atoms with Crippen LogP contribution in [0.1, 0.15) is 49.5 Å². The normalized spacial score (nSPS) is 23.5. The van der Waals surface area contributed by atoms with Crippen molar-refractivity contribution in [2.45, 2.75) is 51.2 Å². The Morgan fingerprint density at radius 1 is 1.24 bits per heavy atom. The third-order valence-electron chi connectivity index (χ3n) is 4.67. The van der Waals surface area contributed by atoms with Gasteiger partial charge in [-0.15, -0.1) is 10.2 Å². The van der Waals surface area contributed by atoms with Crippen LogP contribution >= 0.6 is 0 Å². The maximum absolute atomic E-state index is 5.21. The van der Waals surface area contributed by atoms with Gasteiger partial charge in [0.2, 0.25) is 0 Å². The van der Waals surface area contributed by atoms with Gasteiger partial charge < -0.3 is 8.98 Å². The van der Waals surface area contributed by atoms with E-state index in [0.29, 0.717) is 6.04 Å². The molecular formula is C16H22N4O. The molecule has 2 aromatic heterocycles. The third kappa shape index (κ3) is 2.88. The average Bonchev–Trinajstić information content (AvgIpc) is 2.98. The molecule has 0 amide bonds. The molecule has 0 aromatic carbocycles. The summed E-state index contributed by atoms with van der Waals surface area (Å²) >= 11 is 0. The zero-order valence-corrected chi connectivity index (χ0v) is 12.3. The first-order chi connectivity index (χ1) is 10.4. The minimum absolute atomic E-state index is 0.398. The van der Waals surface area contributed by atoms with Crippen LogP contribution in [0.15, 0.2) is 29.3 Å². The Morgan fingerprint density at radius 2 is 2.19 bits per heavy atom. The topological polar surface area (TPSA) is 47.1 Å². The van der Waals surface area contributed by atoms with Crippen LogP contribution < -0.4 is 0 Å². The molecule has 1 unspecified atom stereocenters. The van der Waals surface area contributed by atoms with E-state index in [1.54, 1.807) is 6.26 Å². The van der Waals surface area contributed by atoms with Crippen LogP contribution in [0.5, 0.6) is 0 Å². The maximum Gasteiger partial charge on any atom is 0.150 e. The second-order valence-corrected chi connectivity index (χ2v) is 6.40. The monoisotopic (exact) mass is 286 g/mol. The highest BCUT2D eigenvalue weighted by Crippen LogP contribution is 2.34. The molecule has 21 heavy (non-hydrogen) atoms. The van der Waals surface area contributed by atoms with Crippen molar-refractivity contribution in [1.82, 2.24) is 19.7 Å². The molecular weight excluding hydrogens is 264 g/mol. The van der Waals surface area contributed by atoms with Gasteiger partial charge in [0.05, 0.1) is 18.6 Å². The SMILES string of the molecule is c1cc(CN2CCCCC2c2nncn2CC2CC2)co1. The van der Waals surface area contributed by atoms with Gasteiger partial charge in [0.1, 0.15) is 12.2 Å². The average molecular weight is 286 g/mol. The van der Waals surface area contributed by atoms with E-state index in [1.807, 2.05) is 12.6 Å². The van der Waals surface area contributed by atoms with Crippen LogP contribution in [0.3, 0.4) is 0 Å². The summed E-state index contributed by atoms with van der Waals surface area (Å²) in [4.78, 5) is 2.53. The Hall–Kier alpha value is -1.62. The van der Waals surface area contributed by atoms with Gasteiger partial charge in [-0.05, 0) is 44.2 Å². The highest BCUT2D eigenvalue weighted by molar-refractivity contribution is 5.07. The predicted octanol–water partition coefficient (Wildman–Crippen LogP) is 3.01. The van der Waals surface area contributed by atoms with Crippen molar-refractivity contribution in [3.05, 3.63) is 36.3 Å². The lowest BCUT2D eigenvalue weighted by Gasteiger charge is -2.34. The molecule has 2 aromatic rings. The van der Waals surface area contributed by atoms with Gasteiger partial charge in [-0.2, -0.15) is 0 Å². The molecule has 0 N–H and O–H groups in total. The highest BCUT2D eigenvalue weighted by Gasteiger charge is 2.30. The Kier molecular flexibility index (Phi) is 3.51. The Balaban J connectivity index is 1.54. The summed E-state index contributed by atoms with van der Waals surface area (Å²) in [5.41, 5.74) is 1.25. The zero-order chi connectivity index (χ0) is 14.1. The number of furan rings is 1. The number of hydrogen-bond acceptors (Lipinski definition) is 4. The molecule has 1 aliphatic carbocycles. The van der Waals surface area contributed by atoms with E-state index >= 15 is 0 Å². The smallest absolute Gasteiger partial charge is 0.150 e. The van der Waals surface area contributed by atoms with E-state index in [0.717, 1.165) is 31.4 Å². The minimum atomic E-state index is 0.398. The van der Waals surface area contributed by atoms with Crippen LogP contribution in [0.4, 0.5) is 0 Å². The first-order valence-corrected chi connectivity index (χ1v) is 8.03. The van der Waals surface area contributed by atoms with Crippen molar-refractivity contribution in [3.8, 4) is 0 Å². The van der Waals surface area contributed by atoms with Gasteiger partial charge in [-0.25, -0.2) is 0 Å². The number of piperidine rings is 1. The fourth-order valence-electron chi connectivity index (χ4n) is 3.33. The number of nitrogens with zero attached hydrogens (tertiary/aromatic N) is 4. The van der Waals surface area contributed by atoms with Crippen molar-refractivity contribution in [2.75, 3.05) is 6.54 Å². The van der Waals surface area contributed by atoms with Crippen molar-refractivity contribution in [1.29, 1.82) is 0 Å². The van der Waals surface area contributed by atoms with Crippen LogP contribution in [0, 0.1) is 5.92 Å². The standard InChI is InChI=1S/C16H22N4O/c1-2-7-19(10-14-6-8-21-11-14)15(3-1)16-18-17-12-20(16)9-13-4-5-13/h6,8,11-13,15H,1-5,7,9-10H2. The summed E-state index contributed by atoms with van der Waals surface area (Å²) in [5, 5.41) is 8.63. The molecule has 1 aliphatic heterocycles. The molecule has 1 saturated carbocycles. The molecule has 4 rings (SSSR count). The van der Waals surface area contributed by atoms with Crippen LogP contribution in [0.25, 0.3) is 0 Å². The van der Waals surface area contributed by atoms with E-state index in [1.165, 1.54) is 37.7 Å². The maximum atomic E-state index is 5.21. The minimum Gasteiger partial charge on any atom is -0.472 e. The molecule has 2 fully saturated rings. The summed E-state index contributed by atoms with van der Waals surface area (Å²) in [7, 11) is 0. The lowest BCUT2D eigenvalue weighted by molar-refractivity contribution is 0.130. The zero-order valence-electron chi connectivity index (χ0n) is 12.3. The lowest BCUT2D eigenvalue weighted by Crippen LogP contribution is -2.34. The molecule has 5 nitrogen and oxygen atoms in total. The molecule has 1 atom stereocenters. The predicted molar refractivity (Wildman–Crippen MR) is 78.5 cm³/mol. The second-order valence-electron chi connectivity index (χ2n) is 6.40. The molecule has 0 bridgehead atoms. The molecule has 3 heterocycles. The van der Waals surface area contributed by atoms with Gasteiger partial charge in [-0.3, -0.25) is 4.90 Å². The summed E-state index contributed by atoms with van der Waals surface area (Å²) in [6, 6.07) is 2.45. The molecule has 2 aliphatic rings. The van der Waals surface area contributed by atoms with E-state index in [4.69, 9.17) is 4.42 Å². The van der Waals surface area contributed by atoms with Crippen molar-refractivity contribution < 1.29 is 4.42 Å².